The van der Waals surface area contributed by atoms with Gasteiger partial charge in [0.2, 0.25) is 0 Å². The second kappa shape index (κ2) is 8.01. The van der Waals surface area contributed by atoms with Crippen molar-refractivity contribution in [2.45, 2.75) is 51.7 Å². The van der Waals surface area contributed by atoms with Crippen LogP contribution in [0.5, 0.6) is 0 Å². The van der Waals surface area contributed by atoms with Gasteiger partial charge in [0.1, 0.15) is 11.2 Å². The van der Waals surface area contributed by atoms with Crippen LogP contribution in [0, 0.1) is 29.1 Å². The molecule has 0 rings (SSSR count). The molecule has 0 aliphatic heterocycles. The molecule has 0 aliphatic carbocycles. The molecule has 0 heterocycles. The van der Waals surface area contributed by atoms with Crippen molar-refractivity contribution in [3.8, 4) is 23.7 Å². The molecule has 6 nitrogen and oxygen atoms in total. The Kier molecular flexibility index (Phi) is 7.30. The van der Waals surface area contributed by atoms with Gasteiger partial charge in [-0.2, -0.15) is 0 Å². The van der Waals surface area contributed by atoms with E-state index in [1.807, 2.05) is 0 Å². The minimum absolute atomic E-state index is 0.225. The molecule has 0 aromatic carbocycles. The summed E-state index contributed by atoms with van der Waals surface area (Å²) in [5.74, 6) is 8.63. The first-order valence-electron chi connectivity index (χ1n) is 6.99. The van der Waals surface area contributed by atoms with Crippen molar-refractivity contribution in [1.82, 2.24) is 0 Å². The molecule has 0 fully saturated rings. The maximum absolute atomic E-state index is 12.2. The summed E-state index contributed by atoms with van der Waals surface area (Å²) in [6.07, 6.45) is -0.451. The van der Waals surface area contributed by atoms with E-state index in [2.05, 4.69) is 23.7 Å². The van der Waals surface area contributed by atoms with Gasteiger partial charge < -0.3 is 19.7 Å². The lowest BCUT2D eigenvalue weighted by atomic mass is 9.81. The van der Waals surface area contributed by atoms with Crippen molar-refractivity contribution in [2.75, 3.05) is 14.2 Å². The number of hydrogen-bond donors (Lipinski definition) is 2. The van der Waals surface area contributed by atoms with Gasteiger partial charge in [0.25, 0.3) is 0 Å². The summed E-state index contributed by atoms with van der Waals surface area (Å²) in [6, 6.07) is 0. The molecule has 2 N–H and O–H groups in total. The highest BCUT2D eigenvalue weighted by Crippen LogP contribution is 2.30. The molecular formula is C17H24O6. The smallest absolute Gasteiger partial charge is 0.325 e. The Morgan fingerprint density at radius 2 is 1.13 bits per heavy atom. The molecule has 6 heteroatoms. The van der Waals surface area contributed by atoms with Gasteiger partial charge in [0.05, 0.1) is 14.2 Å². The molecule has 0 bridgehead atoms. The third-order valence-corrected chi connectivity index (χ3v) is 2.72. The van der Waals surface area contributed by atoms with Crippen LogP contribution >= 0.6 is 0 Å². The maximum atomic E-state index is 12.2. The highest BCUT2D eigenvalue weighted by molar-refractivity contribution is 6.00. The average molecular weight is 324 g/mol. The van der Waals surface area contributed by atoms with Crippen LogP contribution in [0.4, 0.5) is 0 Å². The number of aliphatic hydroxyl groups is 2. The molecule has 0 aromatic rings. The Balaban J connectivity index is 5.77. The fourth-order valence-corrected chi connectivity index (χ4v) is 1.65. The van der Waals surface area contributed by atoms with Gasteiger partial charge in [0.15, 0.2) is 5.41 Å². The van der Waals surface area contributed by atoms with Crippen molar-refractivity contribution in [3.05, 3.63) is 0 Å². The van der Waals surface area contributed by atoms with E-state index in [1.54, 1.807) is 0 Å². The zero-order valence-electron chi connectivity index (χ0n) is 14.4. The van der Waals surface area contributed by atoms with Crippen molar-refractivity contribution in [3.63, 3.8) is 0 Å². The molecule has 0 saturated carbocycles. The SMILES string of the molecule is COC(=O)C(CC#CC(C)(C)O)(CC#CC(C)(C)O)C(=O)OC. The molecule has 0 radical (unpaired) electrons. The quantitative estimate of drug-likeness (QED) is 0.448. The highest BCUT2D eigenvalue weighted by Gasteiger charge is 2.47. The maximum Gasteiger partial charge on any atom is 0.325 e. The summed E-state index contributed by atoms with van der Waals surface area (Å²) < 4.78 is 9.41. The zero-order valence-corrected chi connectivity index (χ0v) is 14.4. The Morgan fingerprint density at radius 1 is 0.826 bits per heavy atom. The molecule has 0 saturated heterocycles. The van der Waals surface area contributed by atoms with Crippen molar-refractivity contribution < 1.29 is 29.3 Å². The van der Waals surface area contributed by atoms with Gasteiger partial charge in [-0.05, 0) is 27.7 Å². The fourth-order valence-electron chi connectivity index (χ4n) is 1.65. The molecule has 0 unspecified atom stereocenters. The van der Waals surface area contributed by atoms with Crippen LogP contribution in [0.2, 0.25) is 0 Å². The monoisotopic (exact) mass is 324 g/mol. The number of rotatable bonds is 4. The molecule has 0 aromatic heterocycles. The third kappa shape index (κ3) is 7.19. The lowest BCUT2D eigenvalue weighted by Crippen LogP contribution is -2.41. The number of hydrogen-bond acceptors (Lipinski definition) is 6. The molecule has 128 valence electrons. The van der Waals surface area contributed by atoms with Gasteiger partial charge in [0, 0.05) is 12.8 Å². The first-order chi connectivity index (χ1) is 10.4. The lowest BCUT2D eigenvalue weighted by molar-refractivity contribution is -0.168. The molecular weight excluding hydrogens is 300 g/mol. The van der Waals surface area contributed by atoms with Crippen molar-refractivity contribution in [1.29, 1.82) is 0 Å². The van der Waals surface area contributed by atoms with Crippen LogP contribution < -0.4 is 0 Å². The van der Waals surface area contributed by atoms with Crippen molar-refractivity contribution >= 4 is 11.9 Å². The van der Waals surface area contributed by atoms with Gasteiger partial charge in [-0.1, -0.05) is 23.7 Å². The summed E-state index contributed by atoms with van der Waals surface area (Å²) in [4.78, 5) is 24.3. The van der Waals surface area contributed by atoms with E-state index in [0.717, 1.165) is 14.2 Å². The molecule has 0 amide bonds. The topological polar surface area (TPSA) is 93.1 Å². The average Bonchev–Trinajstić information content (AvgIpc) is 2.41. The Morgan fingerprint density at radius 3 is 1.35 bits per heavy atom. The van der Waals surface area contributed by atoms with Crippen LogP contribution in [0.25, 0.3) is 0 Å². The number of carbonyl (C=O) groups is 2. The van der Waals surface area contributed by atoms with Crippen LogP contribution in [-0.2, 0) is 19.1 Å². The Hall–Kier alpha value is -2.02. The number of esters is 2. The normalized spacial score (nSPS) is 11.5. The van der Waals surface area contributed by atoms with Crippen molar-refractivity contribution in [2.24, 2.45) is 5.41 Å². The largest absolute Gasteiger partial charge is 0.468 e. The number of methoxy groups -OCH3 is 2. The second-order valence-electron chi connectivity index (χ2n) is 6.14. The Bertz CT molecular complexity index is 502. The van der Waals surface area contributed by atoms with Crippen LogP contribution in [0.15, 0.2) is 0 Å². The highest BCUT2D eigenvalue weighted by atomic mass is 16.5. The molecule has 0 spiro atoms. The van der Waals surface area contributed by atoms with Crippen LogP contribution in [-0.4, -0.2) is 47.6 Å². The van der Waals surface area contributed by atoms with E-state index in [4.69, 9.17) is 9.47 Å². The van der Waals surface area contributed by atoms with E-state index in [-0.39, 0.29) is 12.8 Å². The van der Waals surface area contributed by atoms with Gasteiger partial charge in [-0.25, -0.2) is 0 Å². The Labute approximate surface area is 137 Å². The van der Waals surface area contributed by atoms with Gasteiger partial charge in [-0.3, -0.25) is 9.59 Å². The molecule has 0 atom stereocenters. The molecule has 0 aliphatic rings. The fraction of sp³-hybridized carbons (Fsp3) is 0.647. The minimum Gasteiger partial charge on any atom is -0.468 e. The van der Waals surface area contributed by atoms with Crippen LogP contribution in [0.1, 0.15) is 40.5 Å². The summed E-state index contributed by atoms with van der Waals surface area (Å²) in [5, 5.41) is 19.2. The summed E-state index contributed by atoms with van der Waals surface area (Å²) in [5.41, 5.74) is -4.27. The standard InChI is InChI=1S/C17H24O6/c1-15(2,20)9-7-11-17(13(18)22-5,14(19)23-6)12-8-10-16(3,4)21/h20-21H,11-12H2,1-6H3. The summed E-state index contributed by atoms with van der Waals surface area (Å²) >= 11 is 0. The van der Waals surface area contributed by atoms with E-state index in [1.165, 1.54) is 27.7 Å². The lowest BCUT2D eigenvalue weighted by Gasteiger charge is -2.24. The van der Waals surface area contributed by atoms with Crippen LogP contribution in [0.3, 0.4) is 0 Å². The summed E-state index contributed by atoms with van der Waals surface area (Å²) in [6.45, 7) is 5.91. The first-order valence-corrected chi connectivity index (χ1v) is 6.99. The van der Waals surface area contributed by atoms with E-state index < -0.39 is 28.6 Å². The first kappa shape index (κ1) is 21.0. The van der Waals surface area contributed by atoms with E-state index >= 15 is 0 Å². The number of ether oxygens (including phenoxy) is 2. The third-order valence-electron chi connectivity index (χ3n) is 2.72. The predicted octanol–water partition coefficient (Wildman–Crippen LogP) is 0.648. The van der Waals surface area contributed by atoms with E-state index in [0.29, 0.717) is 0 Å². The van der Waals surface area contributed by atoms with Gasteiger partial charge >= 0.3 is 11.9 Å². The molecule has 23 heavy (non-hydrogen) atoms. The number of carbonyl (C=O) groups excluding carboxylic acids is 2. The predicted molar refractivity (Wildman–Crippen MR) is 83.8 cm³/mol. The second-order valence-corrected chi connectivity index (χ2v) is 6.14. The summed E-state index contributed by atoms with van der Waals surface area (Å²) in [7, 11) is 2.29. The van der Waals surface area contributed by atoms with Gasteiger partial charge in [-0.15, -0.1) is 0 Å². The minimum atomic E-state index is -1.74. The zero-order chi connectivity index (χ0) is 18.3. The van der Waals surface area contributed by atoms with E-state index in [9.17, 15) is 19.8 Å².